The van der Waals surface area contributed by atoms with E-state index in [1.54, 1.807) is 36.5 Å². The molecule has 1 aromatic heterocycles. The van der Waals surface area contributed by atoms with Gasteiger partial charge in [0.2, 0.25) is 0 Å². The van der Waals surface area contributed by atoms with Gasteiger partial charge in [0, 0.05) is 29.8 Å². The Hall–Kier alpha value is -2.66. The maximum Gasteiger partial charge on any atom is 0.137 e. The lowest BCUT2D eigenvalue weighted by Gasteiger charge is -2.20. The second kappa shape index (κ2) is 6.92. The SMILES string of the molecule is CN1CCC(c2ccccc2F)c2ccc(-c3cccnn3)c(F)c2C1. The van der Waals surface area contributed by atoms with E-state index < -0.39 is 0 Å². The van der Waals surface area contributed by atoms with Gasteiger partial charge >= 0.3 is 0 Å². The van der Waals surface area contributed by atoms with E-state index in [0.717, 1.165) is 18.5 Å². The molecule has 3 nitrogen and oxygen atoms in total. The summed E-state index contributed by atoms with van der Waals surface area (Å²) in [7, 11) is 1.96. The smallest absolute Gasteiger partial charge is 0.137 e. The predicted molar refractivity (Wildman–Crippen MR) is 96.6 cm³/mol. The van der Waals surface area contributed by atoms with Gasteiger partial charge in [-0.05, 0) is 55.4 Å². The van der Waals surface area contributed by atoms with Crippen LogP contribution in [0.15, 0.2) is 54.7 Å². The molecule has 4 rings (SSSR count). The first-order chi connectivity index (χ1) is 12.6. The fourth-order valence-electron chi connectivity index (χ4n) is 3.70. The van der Waals surface area contributed by atoms with Crippen LogP contribution in [0, 0.1) is 11.6 Å². The van der Waals surface area contributed by atoms with Gasteiger partial charge in [-0.25, -0.2) is 8.78 Å². The van der Waals surface area contributed by atoms with Crippen LogP contribution in [0.4, 0.5) is 8.78 Å². The molecule has 0 aliphatic carbocycles. The summed E-state index contributed by atoms with van der Waals surface area (Å²) >= 11 is 0. The molecule has 132 valence electrons. The predicted octanol–water partition coefficient (Wildman–Crippen LogP) is 4.39. The van der Waals surface area contributed by atoms with Crippen LogP contribution in [0.2, 0.25) is 0 Å². The van der Waals surface area contributed by atoms with Crippen molar-refractivity contribution < 1.29 is 8.78 Å². The van der Waals surface area contributed by atoms with E-state index in [9.17, 15) is 4.39 Å². The van der Waals surface area contributed by atoms with Gasteiger partial charge in [0.05, 0.1) is 5.69 Å². The summed E-state index contributed by atoms with van der Waals surface area (Å²) in [5.41, 5.74) is 3.02. The van der Waals surface area contributed by atoms with Crippen molar-refractivity contribution in [3.63, 3.8) is 0 Å². The van der Waals surface area contributed by atoms with Gasteiger partial charge in [-0.2, -0.15) is 10.2 Å². The minimum absolute atomic E-state index is 0.165. The monoisotopic (exact) mass is 351 g/mol. The first-order valence-corrected chi connectivity index (χ1v) is 8.67. The highest BCUT2D eigenvalue weighted by atomic mass is 19.1. The highest BCUT2D eigenvalue weighted by molar-refractivity contribution is 5.62. The second-order valence-electron chi connectivity index (χ2n) is 6.70. The molecule has 0 saturated heterocycles. The maximum absolute atomic E-state index is 15.4. The Morgan fingerprint density at radius 2 is 1.85 bits per heavy atom. The molecule has 0 N–H and O–H groups in total. The Morgan fingerprint density at radius 1 is 1.00 bits per heavy atom. The average molecular weight is 351 g/mol. The lowest BCUT2D eigenvalue weighted by atomic mass is 9.85. The zero-order valence-corrected chi connectivity index (χ0v) is 14.5. The molecule has 0 bridgehead atoms. The van der Waals surface area contributed by atoms with Crippen LogP contribution < -0.4 is 0 Å². The molecular weight excluding hydrogens is 332 g/mol. The summed E-state index contributed by atoms with van der Waals surface area (Å²) in [4.78, 5) is 2.07. The quantitative estimate of drug-likeness (QED) is 0.686. The van der Waals surface area contributed by atoms with Crippen molar-refractivity contribution >= 4 is 0 Å². The van der Waals surface area contributed by atoms with Crippen molar-refractivity contribution in [2.24, 2.45) is 0 Å². The van der Waals surface area contributed by atoms with Gasteiger partial charge in [-0.15, -0.1) is 0 Å². The Labute approximate surface area is 151 Å². The summed E-state index contributed by atoms with van der Waals surface area (Å²) in [5.74, 6) is -0.703. The largest absolute Gasteiger partial charge is 0.302 e. The number of fused-ring (bicyclic) bond motifs is 1. The molecular formula is C21H19F2N3. The van der Waals surface area contributed by atoms with Crippen LogP contribution in [-0.4, -0.2) is 28.7 Å². The zero-order chi connectivity index (χ0) is 18.1. The third-order valence-corrected chi connectivity index (χ3v) is 5.01. The molecule has 5 heteroatoms. The molecule has 2 aromatic carbocycles. The molecule has 0 radical (unpaired) electrons. The molecule has 0 saturated carbocycles. The molecule has 1 aliphatic heterocycles. The summed E-state index contributed by atoms with van der Waals surface area (Å²) in [6, 6.07) is 13.9. The number of aromatic nitrogens is 2. The van der Waals surface area contributed by atoms with Crippen LogP contribution in [0.1, 0.15) is 29.0 Å². The molecule has 0 fully saturated rings. The van der Waals surface area contributed by atoms with E-state index in [2.05, 4.69) is 15.1 Å². The highest BCUT2D eigenvalue weighted by Crippen LogP contribution is 2.38. The minimum Gasteiger partial charge on any atom is -0.302 e. The van der Waals surface area contributed by atoms with E-state index in [0.29, 0.717) is 28.9 Å². The first kappa shape index (κ1) is 16.8. The van der Waals surface area contributed by atoms with E-state index in [4.69, 9.17) is 0 Å². The zero-order valence-electron chi connectivity index (χ0n) is 14.5. The average Bonchev–Trinajstić information content (AvgIpc) is 2.83. The van der Waals surface area contributed by atoms with Gasteiger partial charge in [0.1, 0.15) is 11.6 Å². The van der Waals surface area contributed by atoms with E-state index >= 15 is 4.39 Å². The maximum atomic E-state index is 15.4. The van der Waals surface area contributed by atoms with Crippen LogP contribution >= 0.6 is 0 Å². The van der Waals surface area contributed by atoms with Crippen molar-refractivity contribution in [3.8, 4) is 11.3 Å². The normalized spacial score (nSPS) is 17.6. The summed E-state index contributed by atoms with van der Waals surface area (Å²) in [6.45, 7) is 1.26. The number of benzene rings is 2. The first-order valence-electron chi connectivity index (χ1n) is 8.67. The number of hydrogen-bond donors (Lipinski definition) is 0. The second-order valence-corrected chi connectivity index (χ2v) is 6.70. The number of rotatable bonds is 2. The lowest BCUT2D eigenvalue weighted by molar-refractivity contribution is 0.323. The van der Waals surface area contributed by atoms with Gasteiger partial charge in [0.15, 0.2) is 0 Å². The Kier molecular flexibility index (Phi) is 4.47. The van der Waals surface area contributed by atoms with Crippen LogP contribution in [-0.2, 0) is 6.54 Å². The van der Waals surface area contributed by atoms with Gasteiger partial charge in [-0.1, -0.05) is 24.3 Å². The molecule has 1 unspecified atom stereocenters. The number of halogens is 2. The number of hydrogen-bond acceptors (Lipinski definition) is 3. The number of nitrogens with zero attached hydrogens (tertiary/aromatic N) is 3. The lowest BCUT2D eigenvalue weighted by Crippen LogP contribution is -2.18. The third-order valence-electron chi connectivity index (χ3n) is 5.01. The van der Waals surface area contributed by atoms with Crippen LogP contribution in [0.25, 0.3) is 11.3 Å². The minimum atomic E-state index is -0.293. The van der Waals surface area contributed by atoms with Gasteiger partial charge < -0.3 is 4.90 Å². The van der Waals surface area contributed by atoms with E-state index in [-0.39, 0.29) is 17.6 Å². The highest BCUT2D eigenvalue weighted by Gasteiger charge is 2.27. The van der Waals surface area contributed by atoms with Crippen molar-refractivity contribution in [2.45, 2.75) is 18.9 Å². The topological polar surface area (TPSA) is 29.0 Å². The van der Waals surface area contributed by atoms with E-state index in [1.165, 1.54) is 6.07 Å². The van der Waals surface area contributed by atoms with Crippen LogP contribution in [0.3, 0.4) is 0 Å². The summed E-state index contributed by atoms with van der Waals surface area (Å²) < 4.78 is 29.8. The van der Waals surface area contributed by atoms with E-state index in [1.807, 2.05) is 19.2 Å². The summed E-state index contributed by atoms with van der Waals surface area (Å²) in [6.07, 6.45) is 2.31. The van der Waals surface area contributed by atoms with Gasteiger partial charge in [-0.3, -0.25) is 0 Å². The Bertz CT molecular complexity index is 928. The molecule has 1 atom stereocenters. The Balaban J connectivity index is 1.87. The van der Waals surface area contributed by atoms with Crippen molar-refractivity contribution in [1.82, 2.24) is 15.1 Å². The van der Waals surface area contributed by atoms with Crippen molar-refractivity contribution in [2.75, 3.05) is 13.6 Å². The van der Waals surface area contributed by atoms with Gasteiger partial charge in [0.25, 0.3) is 0 Å². The molecule has 26 heavy (non-hydrogen) atoms. The molecule has 0 spiro atoms. The third kappa shape index (κ3) is 2.99. The fourth-order valence-corrected chi connectivity index (χ4v) is 3.70. The van der Waals surface area contributed by atoms with Crippen molar-refractivity contribution in [1.29, 1.82) is 0 Å². The standard InChI is InChI=1S/C21H19F2N3/c1-26-12-10-15(16-5-2-3-6-19(16)22)14-8-9-17(21(23)18(14)13-26)20-7-4-11-24-25-20/h2-9,11,15H,10,12-13H2,1H3. The Morgan fingerprint density at radius 3 is 2.62 bits per heavy atom. The molecule has 3 aromatic rings. The fraction of sp³-hybridized carbons (Fsp3) is 0.238. The van der Waals surface area contributed by atoms with Crippen molar-refractivity contribution in [3.05, 3.63) is 83.1 Å². The summed E-state index contributed by atoms with van der Waals surface area (Å²) in [5, 5.41) is 7.87. The molecule has 0 amide bonds. The van der Waals surface area contributed by atoms with Crippen LogP contribution in [0.5, 0.6) is 0 Å². The molecule has 2 heterocycles. The molecule has 1 aliphatic rings.